The molecule has 3 aromatic carbocycles. The molecule has 0 aromatic heterocycles. The van der Waals surface area contributed by atoms with E-state index in [1.54, 1.807) is 43.5 Å². The molecule has 0 radical (unpaired) electrons. The van der Waals surface area contributed by atoms with Crippen molar-refractivity contribution in [2.75, 3.05) is 13.9 Å². The Kier molecular flexibility index (Phi) is 6.86. The average Bonchev–Trinajstić information content (AvgIpc) is 3.44. The van der Waals surface area contributed by atoms with Gasteiger partial charge in [0.1, 0.15) is 18.1 Å². The molecular formula is C27H23NO7S2. The molecule has 37 heavy (non-hydrogen) atoms. The van der Waals surface area contributed by atoms with Crippen molar-refractivity contribution >= 4 is 32.7 Å². The Morgan fingerprint density at radius 2 is 1.84 bits per heavy atom. The number of sulfonamides is 1. The smallest absolute Gasteiger partial charge is 0.354 e. The van der Waals surface area contributed by atoms with Gasteiger partial charge < -0.3 is 19.3 Å². The van der Waals surface area contributed by atoms with Crippen LogP contribution in [0.15, 0.2) is 106 Å². The van der Waals surface area contributed by atoms with Gasteiger partial charge in [0.2, 0.25) is 6.79 Å². The number of carbonyl (C=O) groups is 1. The van der Waals surface area contributed by atoms with Crippen LogP contribution in [0.4, 0.5) is 0 Å². The molecule has 3 aromatic rings. The fraction of sp³-hybridized carbons (Fsp3) is 0.148. The van der Waals surface area contributed by atoms with E-state index in [1.165, 1.54) is 24.1 Å². The van der Waals surface area contributed by atoms with Gasteiger partial charge in [-0.15, -0.1) is 0 Å². The van der Waals surface area contributed by atoms with E-state index in [0.29, 0.717) is 21.1 Å². The average molecular weight is 538 g/mol. The maximum atomic E-state index is 14.1. The molecule has 1 N–H and O–H groups in total. The van der Waals surface area contributed by atoms with Crippen LogP contribution in [0.2, 0.25) is 0 Å². The van der Waals surface area contributed by atoms with E-state index < -0.39 is 22.0 Å². The number of methoxy groups -OCH3 is 1. The van der Waals surface area contributed by atoms with Crippen molar-refractivity contribution in [2.24, 2.45) is 0 Å². The molecule has 190 valence electrons. The molecule has 0 saturated heterocycles. The molecule has 1 atom stereocenters. The van der Waals surface area contributed by atoms with Crippen molar-refractivity contribution in [3.8, 4) is 5.75 Å². The maximum absolute atomic E-state index is 14.1. The molecule has 0 spiro atoms. The molecule has 10 heteroatoms. The normalized spacial score (nSPS) is 16.8. The van der Waals surface area contributed by atoms with Gasteiger partial charge >= 0.3 is 5.97 Å². The Morgan fingerprint density at radius 1 is 1.08 bits per heavy atom. The van der Waals surface area contributed by atoms with Gasteiger partial charge in [0.25, 0.3) is 10.0 Å². The van der Waals surface area contributed by atoms with Crippen LogP contribution in [0.1, 0.15) is 11.1 Å². The SMILES string of the molecule is COc1cccc(SC2=C(C(=O)O)N(C(Cc3ccccc3)C3=COCO3)S(=O)(=O)c3ccccc32)c1. The van der Waals surface area contributed by atoms with Crippen molar-refractivity contribution in [1.82, 2.24) is 4.31 Å². The molecule has 0 saturated carbocycles. The number of benzene rings is 3. The number of hydrogen-bond donors (Lipinski definition) is 1. The topological polar surface area (TPSA) is 102 Å². The number of fused-ring (bicyclic) bond motifs is 1. The lowest BCUT2D eigenvalue weighted by molar-refractivity contribution is -0.134. The lowest BCUT2D eigenvalue weighted by Crippen LogP contribution is -2.46. The molecule has 2 aliphatic heterocycles. The van der Waals surface area contributed by atoms with Crippen molar-refractivity contribution < 1.29 is 32.5 Å². The van der Waals surface area contributed by atoms with Crippen LogP contribution >= 0.6 is 11.8 Å². The predicted octanol–water partition coefficient (Wildman–Crippen LogP) is 4.70. The summed E-state index contributed by atoms with van der Waals surface area (Å²) in [6, 6.07) is 21.8. The minimum atomic E-state index is -4.29. The largest absolute Gasteiger partial charge is 0.497 e. The first-order chi connectivity index (χ1) is 17.9. The second kappa shape index (κ2) is 10.2. The molecule has 1 unspecified atom stereocenters. The second-order valence-corrected chi connectivity index (χ2v) is 11.1. The van der Waals surface area contributed by atoms with E-state index >= 15 is 0 Å². The van der Waals surface area contributed by atoms with Gasteiger partial charge in [0.15, 0.2) is 11.5 Å². The second-order valence-electron chi connectivity index (χ2n) is 8.22. The fourth-order valence-corrected chi connectivity index (χ4v) is 7.38. The highest BCUT2D eigenvalue weighted by Crippen LogP contribution is 2.47. The molecule has 8 nitrogen and oxygen atoms in total. The van der Waals surface area contributed by atoms with Crippen molar-refractivity contribution in [3.05, 3.63) is 108 Å². The predicted molar refractivity (Wildman–Crippen MR) is 138 cm³/mol. The van der Waals surface area contributed by atoms with Gasteiger partial charge in [-0.1, -0.05) is 66.4 Å². The van der Waals surface area contributed by atoms with Gasteiger partial charge in [-0.25, -0.2) is 17.5 Å². The van der Waals surface area contributed by atoms with E-state index in [1.807, 2.05) is 36.4 Å². The Balaban J connectivity index is 1.73. The van der Waals surface area contributed by atoms with Crippen molar-refractivity contribution in [1.29, 1.82) is 0 Å². The number of nitrogens with zero attached hydrogens (tertiary/aromatic N) is 1. The monoisotopic (exact) mass is 537 g/mol. The number of hydrogen-bond acceptors (Lipinski definition) is 7. The van der Waals surface area contributed by atoms with E-state index in [4.69, 9.17) is 14.2 Å². The summed E-state index contributed by atoms with van der Waals surface area (Å²) < 4.78 is 45.3. The molecule has 5 rings (SSSR count). The summed E-state index contributed by atoms with van der Waals surface area (Å²) in [5, 5.41) is 10.5. The Morgan fingerprint density at radius 3 is 2.54 bits per heavy atom. The minimum absolute atomic E-state index is 0.0166. The zero-order chi connectivity index (χ0) is 26.0. The summed E-state index contributed by atoms with van der Waals surface area (Å²) in [5.74, 6) is -0.544. The first-order valence-corrected chi connectivity index (χ1v) is 13.6. The van der Waals surface area contributed by atoms with Crippen LogP contribution in [0.25, 0.3) is 4.91 Å². The number of thioether (sulfide) groups is 1. The third-order valence-corrected chi connectivity index (χ3v) is 8.92. The first kappa shape index (κ1) is 24.8. The van der Waals surface area contributed by atoms with Gasteiger partial charge in [0, 0.05) is 16.9 Å². The molecule has 2 aliphatic rings. The highest BCUT2D eigenvalue weighted by atomic mass is 32.2. The quantitative estimate of drug-likeness (QED) is 0.441. The number of aliphatic carboxylic acids is 1. The van der Waals surface area contributed by atoms with E-state index in [2.05, 4.69) is 0 Å². The molecule has 2 heterocycles. The molecule has 0 bridgehead atoms. The van der Waals surface area contributed by atoms with Gasteiger partial charge in [-0.05, 0) is 29.8 Å². The molecule has 0 fully saturated rings. The van der Waals surface area contributed by atoms with E-state index in [-0.39, 0.29) is 29.6 Å². The standard InChI is InChI=1S/C27H23NO7S2/c1-33-19-10-7-11-20(15-19)36-26-21-12-5-6-13-24(21)37(31,32)28(25(26)27(29)30)22(23-16-34-17-35-23)14-18-8-3-2-4-9-18/h2-13,15-16,22H,14,17H2,1H3,(H,29,30). The summed E-state index contributed by atoms with van der Waals surface area (Å²) >= 11 is 1.17. The van der Waals surface area contributed by atoms with Gasteiger partial charge in [-0.3, -0.25) is 0 Å². The lowest BCUT2D eigenvalue weighted by atomic mass is 10.0. The summed E-state index contributed by atoms with van der Waals surface area (Å²) in [7, 11) is -2.75. The van der Waals surface area contributed by atoms with Crippen LogP contribution in [-0.2, 0) is 30.7 Å². The Bertz CT molecular complexity index is 1500. The number of carboxylic acids is 1. The lowest BCUT2D eigenvalue weighted by Gasteiger charge is -2.37. The molecule has 0 aliphatic carbocycles. The minimum Gasteiger partial charge on any atom is -0.497 e. The van der Waals surface area contributed by atoms with E-state index in [0.717, 1.165) is 9.87 Å². The third-order valence-electron chi connectivity index (χ3n) is 5.94. The Hall–Kier alpha value is -3.89. The van der Waals surface area contributed by atoms with Crippen LogP contribution in [0.5, 0.6) is 5.75 Å². The fourth-order valence-electron chi connectivity index (χ4n) is 4.30. The van der Waals surface area contributed by atoms with Gasteiger partial charge in [-0.2, -0.15) is 0 Å². The van der Waals surface area contributed by atoms with Crippen LogP contribution in [0, 0.1) is 0 Å². The molecular weight excluding hydrogens is 514 g/mol. The van der Waals surface area contributed by atoms with Crippen LogP contribution in [0.3, 0.4) is 0 Å². The van der Waals surface area contributed by atoms with E-state index in [9.17, 15) is 18.3 Å². The van der Waals surface area contributed by atoms with Crippen LogP contribution in [-0.4, -0.2) is 43.7 Å². The third kappa shape index (κ3) is 4.77. The summed E-state index contributed by atoms with van der Waals surface area (Å²) in [6.45, 7) is -0.0807. The van der Waals surface area contributed by atoms with Crippen molar-refractivity contribution in [3.63, 3.8) is 0 Å². The zero-order valence-corrected chi connectivity index (χ0v) is 21.4. The number of rotatable bonds is 8. The Labute approximate surface area is 218 Å². The number of carboxylic acid groups (broad SMARTS) is 1. The highest BCUT2D eigenvalue weighted by Gasteiger charge is 2.46. The summed E-state index contributed by atoms with van der Waals surface area (Å²) in [6.07, 6.45) is 1.52. The summed E-state index contributed by atoms with van der Waals surface area (Å²) in [5.41, 5.74) is 0.772. The first-order valence-electron chi connectivity index (χ1n) is 11.3. The summed E-state index contributed by atoms with van der Waals surface area (Å²) in [4.78, 5) is 13.9. The number of ether oxygens (including phenoxy) is 3. The maximum Gasteiger partial charge on any atom is 0.354 e. The van der Waals surface area contributed by atoms with Crippen molar-refractivity contribution in [2.45, 2.75) is 22.3 Å². The van der Waals surface area contributed by atoms with Gasteiger partial charge in [0.05, 0.1) is 16.9 Å². The molecule has 0 amide bonds. The highest BCUT2D eigenvalue weighted by molar-refractivity contribution is 8.08. The zero-order valence-electron chi connectivity index (χ0n) is 19.7. The van der Waals surface area contributed by atoms with Crippen LogP contribution < -0.4 is 4.74 Å².